The highest BCUT2D eigenvalue weighted by atomic mass is 16.5. The number of hydrogen-bond acceptors (Lipinski definition) is 5. The quantitative estimate of drug-likeness (QED) is 0.720. The molecule has 122 valence electrons. The van der Waals surface area contributed by atoms with E-state index in [0.717, 1.165) is 44.2 Å². The van der Waals surface area contributed by atoms with Crippen LogP contribution in [0.4, 0.5) is 0 Å². The van der Waals surface area contributed by atoms with Crippen molar-refractivity contribution in [3.63, 3.8) is 0 Å². The number of nitrogens with one attached hydrogen (secondary N) is 2. The van der Waals surface area contributed by atoms with Gasteiger partial charge in [-0.2, -0.15) is 0 Å². The third kappa shape index (κ3) is 6.01. The monoisotopic (exact) mass is 307 g/mol. The Morgan fingerprint density at radius 3 is 2.68 bits per heavy atom. The number of nitrogens with zero attached hydrogens (tertiary/aromatic N) is 1. The van der Waals surface area contributed by atoms with Crippen molar-refractivity contribution in [1.82, 2.24) is 15.5 Å². The summed E-state index contributed by atoms with van der Waals surface area (Å²) >= 11 is 0. The molecule has 1 aliphatic rings. The van der Waals surface area contributed by atoms with E-state index in [2.05, 4.69) is 15.5 Å². The average molecular weight is 307 g/mol. The molecular formula is C16H25N3O3. The Bertz CT molecular complexity index is 444. The Morgan fingerprint density at radius 2 is 2.00 bits per heavy atom. The minimum atomic E-state index is 0.0294. The van der Waals surface area contributed by atoms with Gasteiger partial charge in [-0.15, -0.1) is 0 Å². The third-order valence-electron chi connectivity index (χ3n) is 3.63. The predicted octanol–water partition coefficient (Wildman–Crippen LogP) is 0.233. The number of carbonyl (C=O) groups is 1. The first kappa shape index (κ1) is 16.7. The second kappa shape index (κ2) is 9.40. The topological polar surface area (TPSA) is 62.8 Å². The molecule has 1 amide bonds. The van der Waals surface area contributed by atoms with Crippen LogP contribution >= 0.6 is 0 Å². The number of rotatable bonds is 8. The molecule has 2 rings (SSSR count). The lowest BCUT2D eigenvalue weighted by Crippen LogP contribution is -2.42. The Labute approximate surface area is 131 Å². The molecule has 6 heteroatoms. The van der Waals surface area contributed by atoms with Gasteiger partial charge in [0, 0.05) is 32.7 Å². The van der Waals surface area contributed by atoms with E-state index in [4.69, 9.17) is 9.47 Å². The summed E-state index contributed by atoms with van der Waals surface area (Å²) in [7, 11) is 1.65. The van der Waals surface area contributed by atoms with Crippen LogP contribution in [0.1, 0.15) is 5.56 Å². The number of hydrogen-bond donors (Lipinski definition) is 2. The van der Waals surface area contributed by atoms with Crippen LogP contribution in [0.25, 0.3) is 0 Å². The summed E-state index contributed by atoms with van der Waals surface area (Å²) in [6.07, 6.45) is 0. The van der Waals surface area contributed by atoms with E-state index in [1.165, 1.54) is 0 Å². The van der Waals surface area contributed by atoms with Crippen LogP contribution in [-0.4, -0.2) is 63.9 Å². The fraction of sp³-hybridized carbons (Fsp3) is 0.562. The summed E-state index contributed by atoms with van der Waals surface area (Å²) in [5.74, 6) is 0.867. The van der Waals surface area contributed by atoms with Crippen molar-refractivity contribution < 1.29 is 14.3 Å². The normalized spacial score (nSPS) is 15.5. The first-order valence-electron chi connectivity index (χ1n) is 7.68. The minimum Gasteiger partial charge on any atom is -0.497 e. The van der Waals surface area contributed by atoms with E-state index in [0.29, 0.717) is 19.6 Å². The molecule has 1 aromatic rings. The highest BCUT2D eigenvalue weighted by Crippen LogP contribution is 2.10. The molecule has 0 aromatic heterocycles. The van der Waals surface area contributed by atoms with Crippen molar-refractivity contribution in [2.75, 3.05) is 53.0 Å². The number of morpholine rings is 1. The van der Waals surface area contributed by atoms with Crippen molar-refractivity contribution >= 4 is 5.91 Å². The molecule has 1 fully saturated rings. The molecule has 0 aliphatic carbocycles. The number of amides is 1. The Kier molecular flexibility index (Phi) is 7.15. The number of ether oxygens (including phenoxy) is 2. The number of benzene rings is 1. The molecule has 0 bridgehead atoms. The number of methoxy groups -OCH3 is 1. The zero-order chi connectivity index (χ0) is 15.6. The largest absolute Gasteiger partial charge is 0.497 e. The molecule has 22 heavy (non-hydrogen) atoms. The maximum absolute atomic E-state index is 11.7. The first-order valence-corrected chi connectivity index (χ1v) is 7.68. The Hall–Kier alpha value is -1.63. The second-order valence-corrected chi connectivity index (χ2v) is 5.26. The van der Waals surface area contributed by atoms with E-state index in [9.17, 15) is 4.79 Å². The molecule has 1 aromatic carbocycles. The fourth-order valence-corrected chi connectivity index (χ4v) is 2.30. The molecule has 1 saturated heterocycles. The van der Waals surface area contributed by atoms with Crippen LogP contribution in [0, 0.1) is 0 Å². The maximum atomic E-state index is 11.7. The van der Waals surface area contributed by atoms with Gasteiger partial charge in [0.2, 0.25) is 5.91 Å². The van der Waals surface area contributed by atoms with Gasteiger partial charge in [0.15, 0.2) is 0 Å². The lowest BCUT2D eigenvalue weighted by molar-refractivity contribution is -0.120. The number of carbonyl (C=O) groups excluding carboxylic acids is 1. The summed E-state index contributed by atoms with van der Waals surface area (Å²) in [5, 5.41) is 6.07. The van der Waals surface area contributed by atoms with Gasteiger partial charge < -0.3 is 20.1 Å². The highest BCUT2D eigenvalue weighted by Gasteiger charge is 2.09. The van der Waals surface area contributed by atoms with Gasteiger partial charge in [0.25, 0.3) is 0 Å². The van der Waals surface area contributed by atoms with E-state index in [1.54, 1.807) is 7.11 Å². The van der Waals surface area contributed by atoms with Gasteiger partial charge in [-0.05, 0) is 17.7 Å². The molecule has 1 heterocycles. The molecule has 6 nitrogen and oxygen atoms in total. The van der Waals surface area contributed by atoms with Crippen molar-refractivity contribution in [3.8, 4) is 5.75 Å². The van der Waals surface area contributed by atoms with E-state index < -0.39 is 0 Å². The van der Waals surface area contributed by atoms with Crippen molar-refractivity contribution in [2.24, 2.45) is 0 Å². The van der Waals surface area contributed by atoms with E-state index >= 15 is 0 Å². The van der Waals surface area contributed by atoms with Gasteiger partial charge in [-0.3, -0.25) is 9.69 Å². The van der Waals surface area contributed by atoms with Crippen molar-refractivity contribution in [1.29, 1.82) is 0 Å². The summed E-state index contributed by atoms with van der Waals surface area (Å²) in [4.78, 5) is 14.0. The van der Waals surface area contributed by atoms with Gasteiger partial charge in [0.05, 0.1) is 26.9 Å². The highest BCUT2D eigenvalue weighted by molar-refractivity contribution is 5.77. The summed E-state index contributed by atoms with van der Waals surface area (Å²) < 4.78 is 10.4. The van der Waals surface area contributed by atoms with Gasteiger partial charge in [0.1, 0.15) is 5.75 Å². The van der Waals surface area contributed by atoms with Gasteiger partial charge in [-0.1, -0.05) is 12.1 Å². The summed E-state index contributed by atoms with van der Waals surface area (Å²) in [6, 6.07) is 7.81. The Morgan fingerprint density at radius 1 is 1.27 bits per heavy atom. The van der Waals surface area contributed by atoms with Crippen LogP contribution < -0.4 is 15.4 Å². The lowest BCUT2D eigenvalue weighted by Gasteiger charge is -2.26. The van der Waals surface area contributed by atoms with Crippen molar-refractivity contribution in [2.45, 2.75) is 6.54 Å². The average Bonchev–Trinajstić information content (AvgIpc) is 2.56. The fourth-order valence-electron chi connectivity index (χ4n) is 2.30. The van der Waals surface area contributed by atoms with Crippen LogP contribution in [0.3, 0.4) is 0 Å². The zero-order valence-electron chi connectivity index (χ0n) is 13.1. The van der Waals surface area contributed by atoms with E-state index in [-0.39, 0.29) is 5.91 Å². The lowest BCUT2D eigenvalue weighted by atomic mass is 10.2. The molecule has 0 atom stereocenters. The molecule has 2 N–H and O–H groups in total. The summed E-state index contributed by atoms with van der Waals surface area (Å²) in [6.45, 7) is 6.04. The zero-order valence-corrected chi connectivity index (χ0v) is 13.1. The minimum absolute atomic E-state index is 0.0294. The molecule has 0 saturated carbocycles. The van der Waals surface area contributed by atoms with Crippen LogP contribution in [0.15, 0.2) is 24.3 Å². The molecule has 0 unspecified atom stereocenters. The van der Waals surface area contributed by atoms with Crippen molar-refractivity contribution in [3.05, 3.63) is 29.8 Å². The van der Waals surface area contributed by atoms with Gasteiger partial charge >= 0.3 is 0 Å². The smallest absolute Gasteiger partial charge is 0.234 e. The van der Waals surface area contributed by atoms with E-state index in [1.807, 2.05) is 24.3 Å². The molecule has 0 spiro atoms. The third-order valence-corrected chi connectivity index (χ3v) is 3.63. The predicted molar refractivity (Wildman–Crippen MR) is 85.0 cm³/mol. The van der Waals surface area contributed by atoms with Crippen LogP contribution in [0.2, 0.25) is 0 Å². The van der Waals surface area contributed by atoms with Gasteiger partial charge in [-0.25, -0.2) is 0 Å². The molecule has 0 radical (unpaired) electrons. The van der Waals surface area contributed by atoms with Crippen LogP contribution in [-0.2, 0) is 16.1 Å². The first-order chi connectivity index (χ1) is 10.8. The SMILES string of the molecule is COc1ccc(CNCC(=O)NCCN2CCOCC2)cc1. The second-order valence-electron chi connectivity index (χ2n) is 5.26. The van der Waals surface area contributed by atoms with Crippen LogP contribution in [0.5, 0.6) is 5.75 Å². The summed E-state index contributed by atoms with van der Waals surface area (Å²) in [5.41, 5.74) is 1.13. The molecular weight excluding hydrogens is 282 g/mol. The maximum Gasteiger partial charge on any atom is 0.234 e. The molecule has 1 aliphatic heterocycles. The Balaban J connectivity index is 1.55. The standard InChI is InChI=1S/C16H25N3O3/c1-21-15-4-2-14(3-5-15)12-17-13-16(20)18-6-7-19-8-10-22-11-9-19/h2-5,17H,6-13H2,1H3,(H,18,20).